The highest BCUT2D eigenvalue weighted by atomic mass is 35.5. The van der Waals surface area contributed by atoms with Gasteiger partial charge in [0.2, 0.25) is 0 Å². The molecule has 1 aliphatic rings. The highest BCUT2D eigenvalue weighted by Crippen LogP contribution is 2.32. The van der Waals surface area contributed by atoms with Crippen LogP contribution < -0.4 is 10.1 Å². The zero-order chi connectivity index (χ0) is 19.8. The fraction of sp³-hybridized carbons (Fsp3) is 0.158. The number of benzene rings is 2. The number of carboxylic acid groups (broad SMARTS) is 1. The molecule has 4 rings (SSSR count). The third kappa shape index (κ3) is 3.07. The zero-order valence-electron chi connectivity index (χ0n) is 15.0. The molecule has 28 heavy (non-hydrogen) atoms. The molecule has 1 atom stereocenters. The first-order valence-corrected chi connectivity index (χ1v) is 8.79. The van der Waals surface area contributed by atoms with Crippen LogP contribution in [0.25, 0.3) is 5.69 Å². The number of nitrogens with one attached hydrogen (secondary N) is 1. The number of methoxy groups -OCH3 is 1. The van der Waals surface area contributed by atoms with E-state index in [9.17, 15) is 9.90 Å². The minimum absolute atomic E-state index is 0.385. The van der Waals surface area contributed by atoms with E-state index in [4.69, 9.17) is 16.3 Å². The Hall–Kier alpha value is -3.39. The summed E-state index contributed by atoms with van der Waals surface area (Å²) >= 11 is 6.03. The van der Waals surface area contributed by atoms with E-state index in [1.165, 1.54) is 0 Å². The van der Waals surface area contributed by atoms with Crippen LogP contribution in [-0.4, -0.2) is 38.8 Å². The van der Waals surface area contributed by atoms with Gasteiger partial charge in [0.15, 0.2) is 12.0 Å². The predicted octanol–water partition coefficient (Wildman–Crippen LogP) is 3.35. The molecule has 0 saturated carbocycles. The van der Waals surface area contributed by atoms with Gasteiger partial charge in [-0.2, -0.15) is 0 Å². The van der Waals surface area contributed by atoms with Crippen molar-refractivity contribution < 1.29 is 14.6 Å². The van der Waals surface area contributed by atoms with E-state index in [0.717, 1.165) is 16.8 Å². The third-order valence-electron chi connectivity index (χ3n) is 4.43. The van der Waals surface area contributed by atoms with E-state index in [1.54, 1.807) is 30.7 Å². The number of aliphatic imine (C=N–C) groups is 1. The quantitative estimate of drug-likeness (QED) is 0.705. The van der Waals surface area contributed by atoms with E-state index < -0.39 is 12.3 Å². The number of rotatable bonds is 3. The largest absolute Gasteiger partial charge is 0.497 e. The lowest BCUT2D eigenvalue weighted by Crippen LogP contribution is -2.27. The second-order valence-corrected chi connectivity index (χ2v) is 6.60. The number of ether oxygens (including phenoxy) is 1. The SMILES string of the molecule is COc1ccc2c(c1)C(c1ccc(Cl)cc1)=NC(NC(=O)O)c1nnc(C)n1-2. The van der Waals surface area contributed by atoms with Gasteiger partial charge >= 0.3 is 6.09 Å². The Kier molecular flexibility index (Phi) is 4.48. The van der Waals surface area contributed by atoms with E-state index in [-0.39, 0.29) is 0 Å². The van der Waals surface area contributed by atoms with Gasteiger partial charge < -0.3 is 9.84 Å². The fourth-order valence-electron chi connectivity index (χ4n) is 3.19. The maximum absolute atomic E-state index is 11.4. The van der Waals surface area contributed by atoms with E-state index >= 15 is 0 Å². The zero-order valence-corrected chi connectivity index (χ0v) is 15.8. The van der Waals surface area contributed by atoms with Crippen LogP contribution in [-0.2, 0) is 0 Å². The second-order valence-electron chi connectivity index (χ2n) is 6.16. The number of fused-ring (bicyclic) bond motifs is 3. The van der Waals surface area contributed by atoms with Crippen LogP contribution in [0.2, 0.25) is 5.02 Å². The minimum Gasteiger partial charge on any atom is -0.497 e. The van der Waals surface area contributed by atoms with Crippen LogP contribution in [0.4, 0.5) is 4.79 Å². The normalized spacial score (nSPS) is 15.1. The first-order chi connectivity index (χ1) is 13.5. The molecule has 2 heterocycles. The summed E-state index contributed by atoms with van der Waals surface area (Å²) in [5.74, 6) is 1.65. The summed E-state index contributed by atoms with van der Waals surface area (Å²) in [6.45, 7) is 1.80. The van der Waals surface area contributed by atoms with Crippen LogP contribution >= 0.6 is 11.6 Å². The number of aryl methyl sites for hydroxylation is 1. The van der Waals surface area contributed by atoms with Gasteiger partial charge in [0.1, 0.15) is 11.6 Å². The van der Waals surface area contributed by atoms with E-state index in [1.807, 2.05) is 30.3 Å². The van der Waals surface area contributed by atoms with Crippen molar-refractivity contribution in [2.75, 3.05) is 7.11 Å². The van der Waals surface area contributed by atoms with Gasteiger partial charge in [-0.1, -0.05) is 23.7 Å². The fourth-order valence-corrected chi connectivity index (χ4v) is 3.31. The molecular weight excluding hydrogens is 382 g/mol. The Bertz CT molecular complexity index is 1090. The van der Waals surface area contributed by atoms with E-state index in [2.05, 4.69) is 20.5 Å². The molecule has 0 fully saturated rings. The summed E-state index contributed by atoms with van der Waals surface area (Å²) in [4.78, 5) is 16.1. The lowest BCUT2D eigenvalue weighted by molar-refractivity contribution is 0.189. The van der Waals surface area contributed by atoms with Gasteiger partial charge in [-0.3, -0.25) is 14.9 Å². The number of aromatic nitrogens is 3. The van der Waals surface area contributed by atoms with Gasteiger partial charge in [-0.05, 0) is 37.3 Å². The van der Waals surface area contributed by atoms with Crippen LogP contribution in [0.5, 0.6) is 5.75 Å². The van der Waals surface area contributed by atoms with Crippen molar-refractivity contribution in [2.24, 2.45) is 4.99 Å². The Morgan fingerprint density at radius 2 is 1.96 bits per heavy atom. The maximum Gasteiger partial charge on any atom is 0.406 e. The maximum atomic E-state index is 11.4. The summed E-state index contributed by atoms with van der Waals surface area (Å²) in [6.07, 6.45) is -2.14. The Morgan fingerprint density at radius 3 is 2.64 bits per heavy atom. The molecule has 0 saturated heterocycles. The lowest BCUT2D eigenvalue weighted by atomic mass is 10.00. The molecule has 1 aliphatic heterocycles. The topological polar surface area (TPSA) is 102 Å². The Morgan fingerprint density at radius 1 is 1.21 bits per heavy atom. The van der Waals surface area contributed by atoms with Crippen molar-refractivity contribution in [1.82, 2.24) is 20.1 Å². The average Bonchev–Trinajstić information content (AvgIpc) is 3.00. The smallest absolute Gasteiger partial charge is 0.406 e. The summed E-state index contributed by atoms with van der Waals surface area (Å²) in [5, 5.41) is 20.6. The van der Waals surface area contributed by atoms with Crippen molar-refractivity contribution >= 4 is 23.4 Å². The number of hydrogen-bond acceptors (Lipinski definition) is 5. The second kappa shape index (κ2) is 6.97. The first-order valence-electron chi connectivity index (χ1n) is 8.42. The molecular formula is C19H16ClN5O3. The number of hydrogen-bond donors (Lipinski definition) is 2. The van der Waals surface area contributed by atoms with Crippen molar-refractivity contribution in [3.05, 3.63) is 70.3 Å². The van der Waals surface area contributed by atoms with Crippen LogP contribution in [0, 0.1) is 6.92 Å². The van der Waals surface area contributed by atoms with Gasteiger partial charge in [-0.25, -0.2) is 4.79 Å². The monoisotopic (exact) mass is 397 g/mol. The molecule has 8 nitrogen and oxygen atoms in total. The van der Waals surface area contributed by atoms with Crippen molar-refractivity contribution in [1.29, 1.82) is 0 Å². The Labute approximate surface area is 165 Å². The average molecular weight is 398 g/mol. The Balaban J connectivity index is 2.02. The van der Waals surface area contributed by atoms with Crippen molar-refractivity contribution in [3.63, 3.8) is 0 Å². The predicted molar refractivity (Wildman–Crippen MR) is 104 cm³/mol. The summed E-state index contributed by atoms with van der Waals surface area (Å²) < 4.78 is 7.18. The number of carbonyl (C=O) groups is 1. The van der Waals surface area contributed by atoms with Gasteiger partial charge in [0, 0.05) is 16.1 Å². The molecule has 1 amide bonds. The molecule has 0 bridgehead atoms. The minimum atomic E-state index is -1.21. The molecule has 0 spiro atoms. The number of halogens is 1. The molecule has 0 radical (unpaired) electrons. The van der Waals surface area contributed by atoms with Gasteiger partial charge in [0.05, 0.1) is 18.5 Å². The van der Waals surface area contributed by atoms with Gasteiger partial charge in [0.25, 0.3) is 0 Å². The van der Waals surface area contributed by atoms with Crippen LogP contribution in [0.1, 0.15) is 28.9 Å². The summed E-state index contributed by atoms with van der Waals surface area (Å²) in [7, 11) is 1.59. The standard InChI is InChI=1S/C19H16ClN5O3/c1-10-23-24-18-17(22-19(26)27)21-16(11-3-5-12(20)6-4-11)14-9-13(28-2)7-8-15(14)25(10)18/h3-9,17,22H,1-2H3,(H,26,27). The molecule has 142 valence electrons. The lowest BCUT2D eigenvalue weighted by Gasteiger charge is -2.14. The molecule has 2 N–H and O–H groups in total. The van der Waals surface area contributed by atoms with Crippen molar-refractivity contribution in [3.8, 4) is 11.4 Å². The van der Waals surface area contributed by atoms with E-state index in [0.29, 0.717) is 28.1 Å². The molecule has 2 aromatic carbocycles. The number of amides is 1. The first kappa shape index (κ1) is 18.0. The van der Waals surface area contributed by atoms with Crippen molar-refractivity contribution in [2.45, 2.75) is 13.1 Å². The van der Waals surface area contributed by atoms with Crippen LogP contribution in [0.3, 0.4) is 0 Å². The molecule has 0 aliphatic carbocycles. The van der Waals surface area contributed by atoms with Crippen LogP contribution in [0.15, 0.2) is 47.5 Å². The third-order valence-corrected chi connectivity index (χ3v) is 4.68. The van der Waals surface area contributed by atoms with Gasteiger partial charge in [-0.15, -0.1) is 10.2 Å². The summed E-state index contributed by atoms with van der Waals surface area (Å²) in [5.41, 5.74) is 2.92. The highest BCUT2D eigenvalue weighted by molar-refractivity contribution is 6.30. The molecule has 1 unspecified atom stereocenters. The summed E-state index contributed by atoms with van der Waals surface area (Å²) in [6, 6.07) is 12.7. The highest BCUT2D eigenvalue weighted by Gasteiger charge is 2.29. The molecule has 1 aromatic heterocycles. The molecule has 9 heteroatoms. The number of nitrogens with zero attached hydrogens (tertiary/aromatic N) is 4. The molecule has 3 aromatic rings.